The number of fused-ring (bicyclic) bond motifs is 6. The summed E-state index contributed by atoms with van der Waals surface area (Å²) in [5.74, 6) is 1.96. The van der Waals surface area contributed by atoms with Crippen LogP contribution in [0.5, 0.6) is 0 Å². The summed E-state index contributed by atoms with van der Waals surface area (Å²) in [4.78, 5) is 15.1. The van der Waals surface area contributed by atoms with Crippen LogP contribution in [0.4, 0.5) is 0 Å². The molecule has 252 valence electrons. The molecule has 1 aliphatic rings. The Labute approximate surface area is 309 Å². The highest BCUT2D eigenvalue weighted by Crippen LogP contribution is 2.52. The van der Waals surface area contributed by atoms with Gasteiger partial charge in [0.05, 0.1) is 11.0 Å². The second kappa shape index (κ2) is 12.0. The van der Waals surface area contributed by atoms with Crippen molar-refractivity contribution in [2.24, 2.45) is 0 Å². The van der Waals surface area contributed by atoms with Crippen molar-refractivity contribution in [3.8, 4) is 62.1 Å². The number of aromatic nitrogens is 4. The Morgan fingerprint density at radius 1 is 0.415 bits per heavy atom. The zero-order valence-corrected chi connectivity index (χ0v) is 29.9. The summed E-state index contributed by atoms with van der Waals surface area (Å²) in [5.41, 5.74) is 15.2. The van der Waals surface area contributed by atoms with Crippen molar-refractivity contribution in [3.05, 3.63) is 180 Å². The molecular weight excluding hydrogens is 645 g/mol. The van der Waals surface area contributed by atoms with E-state index < -0.39 is 0 Å². The number of hydrogen-bond donors (Lipinski definition) is 0. The van der Waals surface area contributed by atoms with Crippen LogP contribution in [0.3, 0.4) is 0 Å². The van der Waals surface area contributed by atoms with Crippen molar-refractivity contribution in [2.45, 2.75) is 26.2 Å². The molecule has 4 heteroatoms. The predicted molar refractivity (Wildman–Crippen MR) is 218 cm³/mol. The van der Waals surface area contributed by atoms with E-state index in [2.05, 4.69) is 153 Å². The van der Waals surface area contributed by atoms with Crippen molar-refractivity contribution < 1.29 is 0 Å². The van der Waals surface area contributed by atoms with E-state index >= 15 is 0 Å². The van der Waals surface area contributed by atoms with Gasteiger partial charge in [-0.25, -0.2) is 15.0 Å². The van der Waals surface area contributed by atoms with Crippen LogP contribution < -0.4 is 0 Å². The zero-order chi connectivity index (χ0) is 35.7. The van der Waals surface area contributed by atoms with Crippen LogP contribution in [-0.2, 0) is 5.41 Å². The Hall–Kier alpha value is -6.65. The third-order valence-corrected chi connectivity index (χ3v) is 10.9. The van der Waals surface area contributed by atoms with E-state index in [0.717, 1.165) is 27.9 Å². The number of rotatable bonds is 5. The molecule has 0 amide bonds. The van der Waals surface area contributed by atoms with Gasteiger partial charge < -0.3 is 4.57 Å². The molecule has 10 rings (SSSR count). The molecule has 0 atom stereocenters. The predicted octanol–water partition coefficient (Wildman–Crippen LogP) is 12.3. The van der Waals surface area contributed by atoms with Crippen molar-refractivity contribution in [1.29, 1.82) is 0 Å². The van der Waals surface area contributed by atoms with Gasteiger partial charge in [0.25, 0.3) is 0 Å². The fourth-order valence-electron chi connectivity index (χ4n) is 8.11. The van der Waals surface area contributed by atoms with Gasteiger partial charge in [0.15, 0.2) is 17.5 Å². The number of nitrogens with zero attached hydrogens (tertiary/aromatic N) is 4. The van der Waals surface area contributed by atoms with Crippen molar-refractivity contribution in [2.75, 3.05) is 0 Å². The van der Waals surface area contributed by atoms with E-state index in [1.165, 1.54) is 55.2 Å². The third-order valence-electron chi connectivity index (χ3n) is 10.9. The summed E-state index contributed by atoms with van der Waals surface area (Å²) in [6.45, 7) is 6.87. The first-order valence-electron chi connectivity index (χ1n) is 18.2. The molecule has 0 fully saturated rings. The first-order valence-corrected chi connectivity index (χ1v) is 18.2. The minimum absolute atomic E-state index is 0.178. The summed E-state index contributed by atoms with van der Waals surface area (Å²) >= 11 is 0. The molecule has 1 aliphatic carbocycles. The monoisotopic (exact) mass is 680 g/mol. The quantitative estimate of drug-likeness (QED) is 0.182. The first kappa shape index (κ1) is 31.1. The summed E-state index contributed by atoms with van der Waals surface area (Å²) in [6, 6.07) is 58.4. The molecule has 2 heterocycles. The highest BCUT2D eigenvalue weighted by Gasteiger charge is 2.36. The molecule has 4 nitrogen and oxygen atoms in total. The van der Waals surface area contributed by atoms with Crippen LogP contribution >= 0.6 is 0 Å². The van der Waals surface area contributed by atoms with Gasteiger partial charge >= 0.3 is 0 Å². The minimum atomic E-state index is -0.178. The van der Waals surface area contributed by atoms with E-state index in [9.17, 15) is 0 Å². The average molecular weight is 681 g/mol. The largest absolute Gasteiger partial charge is 0.309 e. The standard InChI is InChI=1S/C49H36N4/c1-31-19-23-37(24-20-31)53-44-26-22-36(48-51-46(33-15-9-5-10-16-33)50-47(52-48)34-17-11-6-12-18-34)27-40(44)41-29-43-39(30-45(41)53)38-25-21-35(28-42(38)49(43,2)3)32-13-7-4-8-14-32/h4-30H,1-3H3. The summed E-state index contributed by atoms with van der Waals surface area (Å²) in [7, 11) is 0. The van der Waals surface area contributed by atoms with Gasteiger partial charge in [-0.3, -0.25) is 0 Å². The van der Waals surface area contributed by atoms with Gasteiger partial charge in [0, 0.05) is 38.6 Å². The molecular formula is C49H36N4. The average Bonchev–Trinajstić information content (AvgIpc) is 3.65. The molecule has 7 aromatic carbocycles. The molecule has 9 aromatic rings. The van der Waals surface area contributed by atoms with Gasteiger partial charge in [-0.05, 0) is 88.8 Å². The smallest absolute Gasteiger partial charge is 0.164 e. The summed E-state index contributed by atoms with van der Waals surface area (Å²) in [5, 5.41) is 2.38. The molecule has 0 radical (unpaired) electrons. The van der Waals surface area contributed by atoms with Crippen LogP contribution in [0.1, 0.15) is 30.5 Å². The molecule has 0 spiro atoms. The lowest BCUT2D eigenvalue weighted by Crippen LogP contribution is -2.15. The van der Waals surface area contributed by atoms with Gasteiger partial charge in [-0.1, -0.05) is 135 Å². The normalized spacial score (nSPS) is 13.0. The first-order chi connectivity index (χ1) is 25.9. The van der Waals surface area contributed by atoms with Gasteiger partial charge in [0.1, 0.15) is 0 Å². The fourth-order valence-corrected chi connectivity index (χ4v) is 8.11. The number of hydrogen-bond acceptors (Lipinski definition) is 3. The molecule has 0 aliphatic heterocycles. The van der Waals surface area contributed by atoms with Crippen molar-refractivity contribution in [3.63, 3.8) is 0 Å². The topological polar surface area (TPSA) is 43.6 Å². The van der Waals surface area contributed by atoms with Gasteiger partial charge in [0.2, 0.25) is 0 Å². The Kier molecular flexibility index (Phi) is 7.02. The Bertz CT molecular complexity index is 2780. The Morgan fingerprint density at radius 3 is 1.57 bits per heavy atom. The van der Waals surface area contributed by atoms with Crippen LogP contribution in [0.2, 0.25) is 0 Å². The molecule has 0 saturated carbocycles. The Balaban J connectivity index is 1.21. The molecule has 2 aromatic heterocycles. The number of benzene rings is 7. The van der Waals surface area contributed by atoms with Gasteiger partial charge in [-0.15, -0.1) is 0 Å². The Morgan fingerprint density at radius 2 is 0.943 bits per heavy atom. The maximum absolute atomic E-state index is 5.07. The molecule has 0 unspecified atom stereocenters. The lowest BCUT2D eigenvalue weighted by Gasteiger charge is -2.22. The van der Waals surface area contributed by atoms with Crippen LogP contribution in [0, 0.1) is 6.92 Å². The second-order valence-corrected chi connectivity index (χ2v) is 14.6. The highest BCUT2D eigenvalue weighted by atomic mass is 15.0. The van der Waals surface area contributed by atoms with E-state index in [4.69, 9.17) is 15.0 Å². The lowest BCUT2D eigenvalue weighted by molar-refractivity contribution is 0.661. The van der Waals surface area contributed by atoms with Gasteiger partial charge in [-0.2, -0.15) is 0 Å². The van der Waals surface area contributed by atoms with E-state index in [1.807, 2.05) is 36.4 Å². The molecule has 53 heavy (non-hydrogen) atoms. The maximum Gasteiger partial charge on any atom is 0.164 e. The van der Waals surface area contributed by atoms with E-state index in [-0.39, 0.29) is 5.41 Å². The van der Waals surface area contributed by atoms with Crippen LogP contribution in [-0.4, -0.2) is 19.5 Å². The van der Waals surface area contributed by atoms with Crippen molar-refractivity contribution in [1.82, 2.24) is 19.5 Å². The van der Waals surface area contributed by atoms with E-state index in [0.29, 0.717) is 17.5 Å². The van der Waals surface area contributed by atoms with E-state index in [1.54, 1.807) is 0 Å². The maximum atomic E-state index is 5.07. The third kappa shape index (κ3) is 5.09. The van der Waals surface area contributed by atoms with Crippen LogP contribution in [0.25, 0.3) is 83.9 Å². The molecule has 0 N–H and O–H groups in total. The van der Waals surface area contributed by atoms with Crippen LogP contribution in [0.15, 0.2) is 164 Å². The molecule has 0 bridgehead atoms. The van der Waals surface area contributed by atoms with Crippen molar-refractivity contribution >= 4 is 21.8 Å². The fraction of sp³-hybridized carbons (Fsp3) is 0.0816. The second-order valence-electron chi connectivity index (χ2n) is 14.6. The zero-order valence-electron chi connectivity index (χ0n) is 29.9. The highest BCUT2D eigenvalue weighted by molar-refractivity contribution is 6.12. The molecule has 0 saturated heterocycles. The number of aryl methyl sites for hydroxylation is 1. The summed E-state index contributed by atoms with van der Waals surface area (Å²) < 4.78 is 2.41. The summed E-state index contributed by atoms with van der Waals surface area (Å²) in [6.07, 6.45) is 0. The SMILES string of the molecule is Cc1ccc(-n2c3ccc(-c4nc(-c5ccccc5)nc(-c5ccccc5)n4)cc3c3cc4c(cc32)-c2ccc(-c3ccccc3)cc2C4(C)C)cc1. The lowest BCUT2D eigenvalue weighted by atomic mass is 9.81. The minimum Gasteiger partial charge on any atom is -0.309 e.